The van der Waals surface area contributed by atoms with Crippen molar-refractivity contribution in [2.24, 2.45) is 0 Å². The molecule has 1 aliphatic heterocycles. The number of nitrogens with one attached hydrogen (secondary N) is 2. The lowest BCUT2D eigenvalue weighted by Crippen LogP contribution is -2.39. The average molecular weight is 399 g/mol. The molecule has 0 bridgehead atoms. The van der Waals surface area contributed by atoms with E-state index in [2.05, 4.69) is 20.7 Å². The van der Waals surface area contributed by atoms with E-state index in [0.717, 1.165) is 49.1 Å². The number of aromatic amines is 1. The van der Waals surface area contributed by atoms with Gasteiger partial charge in [0.2, 0.25) is 5.91 Å². The maximum atomic E-state index is 13.1. The Balaban J connectivity index is 1.46. The number of amides is 2. The second-order valence-corrected chi connectivity index (χ2v) is 8.24. The zero-order valence-electron chi connectivity index (χ0n) is 17.2. The minimum atomic E-state index is -0.135. The van der Waals surface area contributed by atoms with Crippen LogP contribution in [0.1, 0.15) is 84.2 Å². The SMILES string of the molecule is Cc1noc(C)c1CC(=O)N1CCCC[C@H]1c1cc(C(=O)NC2CCCC2)n[nH]1. The number of rotatable bonds is 5. The summed E-state index contributed by atoms with van der Waals surface area (Å²) < 4.78 is 5.20. The molecule has 0 spiro atoms. The van der Waals surface area contributed by atoms with Crippen LogP contribution in [-0.2, 0) is 11.2 Å². The number of carbonyl (C=O) groups excluding carboxylic acids is 2. The molecule has 2 fully saturated rings. The van der Waals surface area contributed by atoms with Crippen molar-refractivity contribution in [3.8, 4) is 0 Å². The topological polar surface area (TPSA) is 104 Å². The quantitative estimate of drug-likeness (QED) is 0.804. The van der Waals surface area contributed by atoms with E-state index in [-0.39, 0.29) is 30.3 Å². The Kier molecular flexibility index (Phi) is 5.69. The van der Waals surface area contributed by atoms with Gasteiger partial charge < -0.3 is 14.7 Å². The second kappa shape index (κ2) is 8.39. The molecule has 0 aromatic carbocycles. The van der Waals surface area contributed by atoms with Crippen LogP contribution in [0.4, 0.5) is 0 Å². The lowest BCUT2D eigenvalue weighted by atomic mass is 9.97. The first-order valence-corrected chi connectivity index (χ1v) is 10.6. The molecule has 2 N–H and O–H groups in total. The molecule has 1 atom stereocenters. The minimum absolute atomic E-state index is 0.0515. The molecule has 1 aliphatic carbocycles. The molecule has 156 valence electrons. The van der Waals surface area contributed by atoms with Gasteiger partial charge in [0.05, 0.1) is 23.9 Å². The van der Waals surface area contributed by atoms with Gasteiger partial charge in [-0.25, -0.2) is 0 Å². The summed E-state index contributed by atoms with van der Waals surface area (Å²) in [5.74, 6) is 0.608. The fraction of sp³-hybridized carbons (Fsp3) is 0.619. The van der Waals surface area contributed by atoms with E-state index >= 15 is 0 Å². The van der Waals surface area contributed by atoms with Gasteiger partial charge in [-0.3, -0.25) is 14.7 Å². The summed E-state index contributed by atoms with van der Waals surface area (Å²) in [6.07, 6.45) is 7.57. The second-order valence-electron chi connectivity index (χ2n) is 8.24. The van der Waals surface area contributed by atoms with E-state index in [1.807, 2.05) is 18.7 Å². The first-order valence-electron chi connectivity index (χ1n) is 10.6. The van der Waals surface area contributed by atoms with E-state index in [9.17, 15) is 9.59 Å². The summed E-state index contributed by atoms with van der Waals surface area (Å²) in [4.78, 5) is 27.5. The summed E-state index contributed by atoms with van der Waals surface area (Å²) >= 11 is 0. The van der Waals surface area contributed by atoms with Crippen LogP contribution in [0.2, 0.25) is 0 Å². The van der Waals surface area contributed by atoms with Gasteiger partial charge >= 0.3 is 0 Å². The largest absolute Gasteiger partial charge is 0.361 e. The molecule has 2 amide bonds. The van der Waals surface area contributed by atoms with Gasteiger partial charge in [0, 0.05) is 18.2 Å². The predicted molar refractivity (Wildman–Crippen MR) is 106 cm³/mol. The van der Waals surface area contributed by atoms with Crippen LogP contribution < -0.4 is 5.32 Å². The Labute approximate surface area is 170 Å². The number of aryl methyl sites for hydroxylation is 2. The van der Waals surface area contributed by atoms with Gasteiger partial charge in [0.15, 0.2) is 0 Å². The summed E-state index contributed by atoms with van der Waals surface area (Å²) in [7, 11) is 0. The van der Waals surface area contributed by atoms with E-state index in [4.69, 9.17) is 4.52 Å². The van der Waals surface area contributed by atoms with Gasteiger partial charge in [-0.1, -0.05) is 18.0 Å². The normalized spacial score (nSPS) is 20.2. The standard InChI is InChI=1S/C21H29N5O3/c1-13-16(14(2)29-25-13)11-20(27)26-10-6-5-9-19(26)17-12-18(24-23-17)21(28)22-15-7-3-4-8-15/h12,15,19H,3-11H2,1-2H3,(H,22,28)(H,23,24)/t19-/m0/s1. The van der Waals surface area contributed by atoms with Crippen molar-refractivity contribution in [2.75, 3.05) is 6.54 Å². The molecule has 0 unspecified atom stereocenters. The summed E-state index contributed by atoms with van der Waals surface area (Å²) in [6, 6.07) is 1.97. The molecule has 2 aromatic rings. The Bertz CT molecular complexity index is 861. The lowest BCUT2D eigenvalue weighted by molar-refractivity contribution is -0.134. The first kappa shape index (κ1) is 19.7. The molecule has 1 saturated carbocycles. The highest BCUT2D eigenvalue weighted by atomic mass is 16.5. The van der Waals surface area contributed by atoms with Crippen LogP contribution in [0.25, 0.3) is 0 Å². The third kappa shape index (κ3) is 4.21. The highest BCUT2D eigenvalue weighted by molar-refractivity contribution is 5.92. The highest BCUT2D eigenvalue weighted by Crippen LogP contribution is 2.31. The van der Waals surface area contributed by atoms with Crippen LogP contribution >= 0.6 is 0 Å². The van der Waals surface area contributed by atoms with Gasteiger partial charge in [0.25, 0.3) is 5.91 Å². The molecule has 3 heterocycles. The van der Waals surface area contributed by atoms with Gasteiger partial charge in [-0.15, -0.1) is 0 Å². The summed E-state index contributed by atoms with van der Waals surface area (Å²) in [6.45, 7) is 4.40. The Hall–Kier alpha value is -2.64. The monoisotopic (exact) mass is 399 g/mol. The molecule has 29 heavy (non-hydrogen) atoms. The first-order chi connectivity index (χ1) is 14.0. The molecule has 1 saturated heterocycles. The van der Waals surface area contributed by atoms with Crippen molar-refractivity contribution >= 4 is 11.8 Å². The van der Waals surface area contributed by atoms with Crippen molar-refractivity contribution in [3.63, 3.8) is 0 Å². The average Bonchev–Trinajstić information content (AvgIpc) is 3.46. The third-order valence-electron chi connectivity index (χ3n) is 6.21. The minimum Gasteiger partial charge on any atom is -0.361 e. The zero-order chi connectivity index (χ0) is 20.4. The fourth-order valence-electron chi connectivity index (χ4n) is 4.51. The van der Waals surface area contributed by atoms with Crippen molar-refractivity contribution in [1.82, 2.24) is 25.6 Å². The number of likely N-dealkylation sites (tertiary alicyclic amines) is 1. The smallest absolute Gasteiger partial charge is 0.271 e. The molecule has 2 aliphatic rings. The Morgan fingerprint density at radius 3 is 2.69 bits per heavy atom. The van der Waals surface area contributed by atoms with Crippen molar-refractivity contribution in [2.45, 2.75) is 77.3 Å². The van der Waals surface area contributed by atoms with Crippen molar-refractivity contribution < 1.29 is 14.1 Å². The maximum Gasteiger partial charge on any atom is 0.271 e. The van der Waals surface area contributed by atoms with Crippen LogP contribution in [0.15, 0.2) is 10.6 Å². The molecular weight excluding hydrogens is 370 g/mol. The van der Waals surface area contributed by atoms with E-state index in [0.29, 0.717) is 18.0 Å². The predicted octanol–water partition coefficient (Wildman–Crippen LogP) is 2.98. The Morgan fingerprint density at radius 1 is 1.21 bits per heavy atom. The van der Waals surface area contributed by atoms with Gasteiger partial charge in [0.1, 0.15) is 11.5 Å². The molecule has 8 heteroatoms. The van der Waals surface area contributed by atoms with Gasteiger partial charge in [-0.05, 0) is 52.0 Å². The third-order valence-corrected chi connectivity index (χ3v) is 6.21. The number of H-pyrrole nitrogens is 1. The van der Waals surface area contributed by atoms with Gasteiger partial charge in [-0.2, -0.15) is 5.10 Å². The van der Waals surface area contributed by atoms with Crippen molar-refractivity contribution in [1.29, 1.82) is 0 Å². The highest BCUT2D eigenvalue weighted by Gasteiger charge is 2.31. The van der Waals surface area contributed by atoms with E-state index in [1.54, 1.807) is 6.07 Å². The van der Waals surface area contributed by atoms with Crippen LogP contribution in [-0.4, -0.2) is 44.7 Å². The fourth-order valence-corrected chi connectivity index (χ4v) is 4.51. The Morgan fingerprint density at radius 2 is 1.97 bits per heavy atom. The molecule has 4 rings (SSSR count). The van der Waals surface area contributed by atoms with Crippen LogP contribution in [0.3, 0.4) is 0 Å². The number of carbonyl (C=O) groups is 2. The van der Waals surface area contributed by atoms with E-state index < -0.39 is 0 Å². The molecule has 2 aromatic heterocycles. The number of aromatic nitrogens is 3. The molecule has 0 radical (unpaired) electrons. The lowest BCUT2D eigenvalue weighted by Gasteiger charge is -2.35. The molecule has 8 nitrogen and oxygen atoms in total. The summed E-state index contributed by atoms with van der Waals surface area (Å²) in [5, 5.41) is 14.3. The van der Waals surface area contributed by atoms with Crippen LogP contribution in [0.5, 0.6) is 0 Å². The zero-order valence-corrected chi connectivity index (χ0v) is 17.2. The van der Waals surface area contributed by atoms with E-state index in [1.165, 1.54) is 12.8 Å². The number of piperidine rings is 1. The summed E-state index contributed by atoms with van der Waals surface area (Å²) in [5.41, 5.74) is 2.85. The number of nitrogens with zero attached hydrogens (tertiary/aromatic N) is 3. The molecular formula is C21H29N5O3. The number of hydrogen-bond acceptors (Lipinski definition) is 5. The van der Waals surface area contributed by atoms with Crippen LogP contribution in [0, 0.1) is 13.8 Å². The maximum absolute atomic E-state index is 13.1. The van der Waals surface area contributed by atoms with Crippen molar-refractivity contribution in [3.05, 3.63) is 34.5 Å². The number of hydrogen-bond donors (Lipinski definition) is 2.